The van der Waals surface area contributed by atoms with Crippen LogP contribution in [0.25, 0.3) is 11.1 Å². The van der Waals surface area contributed by atoms with Gasteiger partial charge in [0.05, 0.1) is 18.7 Å². The van der Waals surface area contributed by atoms with E-state index in [9.17, 15) is 4.79 Å². The molecule has 5 nitrogen and oxygen atoms in total. The third-order valence-corrected chi connectivity index (χ3v) is 3.31. The molecular formula is C12H14N2O3. The van der Waals surface area contributed by atoms with Crippen LogP contribution in [0.1, 0.15) is 5.56 Å². The number of aromatic nitrogens is 1. The highest BCUT2D eigenvalue weighted by molar-refractivity contribution is 5.72. The van der Waals surface area contributed by atoms with E-state index in [-0.39, 0.29) is 5.41 Å². The minimum atomic E-state index is -0.419. The van der Waals surface area contributed by atoms with Crippen molar-refractivity contribution >= 4 is 11.1 Å². The Labute approximate surface area is 97.6 Å². The SMILES string of the molecule is NCC1(Cc2ccc3[nH]c(=O)oc3c2)COC1. The average molecular weight is 234 g/mol. The fourth-order valence-electron chi connectivity index (χ4n) is 2.22. The zero-order chi connectivity index (χ0) is 11.9. The molecule has 3 N–H and O–H groups in total. The summed E-state index contributed by atoms with van der Waals surface area (Å²) in [6.07, 6.45) is 0.855. The third-order valence-electron chi connectivity index (χ3n) is 3.31. The molecule has 0 unspecified atom stereocenters. The van der Waals surface area contributed by atoms with E-state index in [1.165, 1.54) is 0 Å². The maximum Gasteiger partial charge on any atom is 0.417 e. The van der Waals surface area contributed by atoms with Crippen molar-refractivity contribution in [3.8, 4) is 0 Å². The van der Waals surface area contributed by atoms with Crippen LogP contribution in [-0.2, 0) is 11.2 Å². The van der Waals surface area contributed by atoms with E-state index < -0.39 is 5.76 Å². The van der Waals surface area contributed by atoms with Crippen LogP contribution in [0, 0.1) is 5.41 Å². The predicted octanol–water partition coefficient (Wildman–Crippen LogP) is 0.639. The first-order valence-electron chi connectivity index (χ1n) is 5.60. The van der Waals surface area contributed by atoms with Gasteiger partial charge in [-0.1, -0.05) is 6.07 Å². The van der Waals surface area contributed by atoms with Gasteiger partial charge >= 0.3 is 5.76 Å². The lowest BCUT2D eigenvalue weighted by Gasteiger charge is -2.40. The number of hydrogen-bond donors (Lipinski definition) is 2. The van der Waals surface area contributed by atoms with E-state index in [0.29, 0.717) is 25.3 Å². The zero-order valence-corrected chi connectivity index (χ0v) is 9.36. The van der Waals surface area contributed by atoms with Crippen LogP contribution in [-0.4, -0.2) is 24.7 Å². The van der Waals surface area contributed by atoms with Crippen LogP contribution in [0.2, 0.25) is 0 Å². The summed E-state index contributed by atoms with van der Waals surface area (Å²) in [5.74, 6) is -0.419. The second-order valence-corrected chi connectivity index (χ2v) is 4.72. The summed E-state index contributed by atoms with van der Waals surface area (Å²) < 4.78 is 10.3. The van der Waals surface area contributed by atoms with E-state index in [1.807, 2.05) is 18.2 Å². The summed E-state index contributed by atoms with van der Waals surface area (Å²) in [6.45, 7) is 2.03. The molecule has 1 aromatic heterocycles. The van der Waals surface area contributed by atoms with E-state index in [4.69, 9.17) is 14.9 Å². The molecule has 17 heavy (non-hydrogen) atoms. The summed E-state index contributed by atoms with van der Waals surface area (Å²) >= 11 is 0. The third kappa shape index (κ3) is 1.77. The molecule has 2 aromatic rings. The number of benzene rings is 1. The van der Waals surface area contributed by atoms with Gasteiger partial charge in [-0.3, -0.25) is 4.98 Å². The molecule has 90 valence electrons. The molecule has 1 aliphatic rings. The van der Waals surface area contributed by atoms with Gasteiger partial charge in [0.15, 0.2) is 5.58 Å². The fraction of sp³-hybridized carbons (Fsp3) is 0.417. The lowest BCUT2D eigenvalue weighted by Crippen LogP contribution is -2.49. The van der Waals surface area contributed by atoms with Gasteiger partial charge in [0.25, 0.3) is 0 Å². The van der Waals surface area contributed by atoms with Gasteiger partial charge < -0.3 is 14.9 Å². The fourth-order valence-corrected chi connectivity index (χ4v) is 2.22. The first kappa shape index (κ1) is 10.6. The first-order chi connectivity index (χ1) is 8.21. The molecule has 0 saturated carbocycles. The van der Waals surface area contributed by atoms with Crippen molar-refractivity contribution in [2.45, 2.75) is 6.42 Å². The number of nitrogens with one attached hydrogen (secondary N) is 1. The van der Waals surface area contributed by atoms with Crippen LogP contribution in [0.15, 0.2) is 27.4 Å². The molecule has 1 aromatic carbocycles. The van der Waals surface area contributed by atoms with Crippen LogP contribution in [0.4, 0.5) is 0 Å². The molecule has 2 heterocycles. The monoisotopic (exact) mass is 234 g/mol. The Kier molecular flexibility index (Phi) is 2.31. The van der Waals surface area contributed by atoms with Crippen molar-refractivity contribution in [1.82, 2.24) is 4.98 Å². The Morgan fingerprint density at radius 3 is 2.88 bits per heavy atom. The molecule has 0 radical (unpaired) electrons. The maximum absolute atomic E-state index is 11.0. The molecule has 0 atom stereocenters. The van der Waals surface area contributed by atoms with Crippen LogP contribution >= 0.6 is 0 Å². The summed E-state index contributed by atoms with van der Waals surface area (Å²) in [5.41, 5.74) is 8.28. The second kappa shape index (κ2) is 3.72. The minimum absolute atomic E-state index is 0.0598. The maximum atomic E-state index is 11.0. The van der Waals surface area contributed by atoms with Gasteiger partial charge in [-0.05, 0) is 24.1 Å². The largest absolute Gasteiger partial charge is 0.417 e. The molecule has 5 heteroatoms. The highest BCUT2D eigenvalue weighted by Gasteiger charge is 2.37. The Bertz CT molecular complexity index is 590. The van der Waals surface area contributed by atoms with Crippen molar-refractivity contribution in [2.75, 3.05) is 19.8 Å². The molecule has 3 rings (SSSR count). The van der Waals surface area contributed by atoms with Crippen LogP contribution in [0.5, 0.6) is 0 Å². The summed E-state index contributed by atoms with van der Waals surface area (Å²) in [5, 5.41) is 0. The number of H-pyrrole nitrogens is 1. The lowest BCUT2D eigenvalue weighted by molar-refractivity contribution is -0.106. The topological polar surface area (TPSA) is 81.3 Å². The minimum Gasteiger partial charge on any atom is -0.408 e. The molecule has 0 bridgehead atoms. The molecule has 1 aliphatic heterocycles. The molecule has 1 saturated heterocycles. The Morgan fingerprint density at radius 2 is 2.24 bits per heavy atom. The van der Waals surface area contributed by atoms with Crippen LogP contribution in [0.3, 0.4) is 0 Å². The second-order valence-electron chi connectivity index (χ2n) is 4.72. The molecule has 0 aliphatic carbocycles. The van der Waals surface area contributed by atoms with Gasteiger partial charge in [0.1, 0.15) is 0 Å². The Hall–Kier alpha value is -1.59. The zero-order valence-electron chi connectivity index (χ0n) is 9.36. The van der Waals surface area contributed by atoms with Crippen LogP contribution < -0.4 is 11.5 Å². The van der Waals surface area contributed by atoms with Gasteiger partial charge in [-0.2, -0.15) is 0 Å². The number of oxazole rings is 1. The Balaban J connectivity index is 1.92. The number of hydrogen-bond acceptors (Lipinski definition) is 4. The molecule has 0 spiro atoms. The number of fused-ring (bicyclic) bond motifs is 1. The average Bonchev–Trinajstić information content (AvgIpc) is 2.63. The number of aromatic amines is 1. The number of nitrogens with two attached hydrogens (primary N) is 1. The van der Waals surface area contributed by atoms with Gasteiger partial charge in [0, 0.05) is 12.0 Å². The molecule has 1 fully saturated rings. The van der Waals surface area contributed by atoms with Crippen molar-refractivity contribution in [1.29, 1.82) is 0 Å². The van der Waals surface area contributed by atoms with Gasteiger partial charge in [-0.15, -0.1) is 0 Å². The highest BCUT2D eigenvalue weighted by atomic mass is 16.5. The number of rotatable bonds is 3. The summed E-state index contributed by atoms with van der Waals surface area (Å²) in [7, 11) is 0. The predicted molar refractivity (Wildman–Crippen MR) is 62.8 cm³/mol. The standard InChI is InChI=1S/C12H14N2O3/c13-5-12(6-16-7-12)4-8-1-2-9-10(3-8)17-11(15)14-9/h1-3H,4-7,13H2,(H,14,15). The van der Waals surface area contributed by atoms with E-state index in [2.05, 4.69) is 4.98 Å². The first-order valence-corrected chi connectivity index (χ1v) is 5.60. The van der Waals surface area contributed by atoms with Crippen molar-refractivity contribution in [2.24, 2.45) is 11.1 Å². The normalized spacial score (nSPS) is 18.2. The lowest BCUT2D eigenvalue weighted by atomic mass is 9.80. The summed E-state index contributed by atoms with van der Waals surface area (Å²) in [6, 6.07) is 5.74. The van der Waals surface area contributed by atoms with Crippen molar-refractivity contribution in [3.63, 3.8) is 0 Å². The van der Waals surface area contributed by atoms with Crippen molar-refractivity contribution in [3.05, 3.63) is 34.3 Å². The Morgan fingerprint density at radius 1 is 1.41 bits per heavy atom. The van der Waals surface area contributed by atoms with E-state index in [1.54, 1.807) is 0 Å². The van der Waals surface area contributed by atoms with Gasteiger partial charge in [0.2, 0.25) is 0 Å². The number of ether oxygens (including phenoxy) is 1. The highest BCUT2D eigenvalue weighted by Crippen LogP contribution is 2.31. The van der Waals surface area contributed by atoms with E-state index in [0.717, 1.165) is 17.5 Å². The smallest absolute Gasteiger partial charge is 0.408 e. The van der Waals surface area contributed by atoms with Crippen molar-refractivity contribution < 1.29 is 9.15 Å². The van der Waals surface area contributed by atoms with E-state index >= 15 is 0 Å². The summed E-state index contributed by atoms with van der Waals surface area (Å²) in [4.78, 5) is 13.7. The van der Waals surface area contributed by atoms with Gasteiger partial charge in [-0.25, -0.2) is 4.79 Å². The quantitative estimate of drug-likeness (QED) is 0.816. The molecular weight excluding hydrogens is 220 g/mol. The molecule has 0 amide bonds.